The summed E-state index contributed by atoms with van der Waals surface area (Å²) in [5.41, 5.74) is 6.83. The molecule has 3 aromatic carbocycles. The molecule has 0 saturated heterocycles. The molecule has 0 saturated carbocycles. The molecule has 0 spiro atoms. The molecule has 0 fully saturated rings. The first-order valence-corrected chi connectivity index (χ1v) is 11.7. The van der Waals surface area contributed by atoms with Crippen molar-refractivity contribution < 1.29 is 0 Å². The molecule has 36 heavy (non-hydrogen) atoms. The summed E-state index contributed by atoms with van der Waals surface area (Å²) < 4.78 is 0. The number of hydrogen-bond donors (Lipinski definition) is 0. The maximum atomic E-state index is 4.80. The van der Waals surface area contributed by atoms with Crippen molar-refractivity contribution in [2.45, 2.75) is 0 Å². The lowest BCUT2D eigenvalue weighted by atomic mass is 10.1. The van der Waals surface area contributed by atoms with Crippen molar-refractivity contribution in [2.24, 2.45) is 0 Å². The van der Waals surface area contributed by atoms with E-state index >= 15 is 0 Å². The molecule has 6 aromatic rings. The average Bonchev–Trinajstić information content (AvgIpc) is 2.98. The van der Waals surface area contributed by atoms with Gasteiger partial charge in [0.1, 0.15) is 0 Å². The lowest BCUT2D eigenvalue weighted by Gasteiger charge is -2.09. The van der Waals surface area contributed by atoms with E-state index in [9.17, 15) is 0 Å². The van der Waals surface area contributed by atoms with Crippen molar-refractivity contribution in [3.63, 3.8) is 0 Å². The third-order valence-corrected chi connectivity index (χ3v) is 5.90. The second-order valence-corrected chi connectivity index (χ2v) is 8.29. The first-order chi connectivity index (χ1) is 17.8. The van der Waals surface area contributed by atoms with Gasteiger partial charge in [0.2, 0.25) is 0 Å². The van der Waals surface area contributed by atoms with E-state index in [1.807, 2.05) is 103 Å². The molecule has 5 nitrogen and oxygen atoms in total. The quantitative estimate of drug-likeness (QED) is 0.275. The van der Waals surface area contributed by atoms with Crippen LogP contribution < -0.4 is 0 Å². The van der Waals surface area contributed by atoms with E-state index < -0.39 is 0 Å². The minimum atomic E-state index is 0.633. The molecule has 0 aliphatic carbocycles. The van der Waals surface area contributed by atoms with Gasteiger partial charge in [-0.25, -0.2) is 15.0 Å². The summed E-state index contributed by atoms with van der Waals surface area (Å²) in [7, 11) is 0. The summed E-state index contributed by atoms with van der Waals surface area (Å²) >= 11 is 0. The highest BCUT2D eigenvalue weighted by atomic mass is 15.0. The molecule has 0 unspecified atom stereocenters. The summed E-state index contributed by atoms with van der Waals surface area (Å²) in [5.74, 6) is 1.93. The van der Waals surface area contributed by atoms with E-state index in [2.05, 4.69) is 28.2 Å². The molecule has 170 valence electrons. The maximum Gasteiger partial charge on any atom is 0.164 e. The monoisotopic (exact) mass is 463 g/mol. The highest BCUT2D eigenvalue weighted by molar-refractivity contribution is 5.70. The van der Waals surface area contributed by atoms with Gasteiger partial charge in [0.25, 0.3) is 0 Å². The molecule has 3 aromatic heterocycles. The number of benzene rings is 3. The van der Waals surface area contributed by atoms with Crippen LogP contribution in [0.2, 0.25) is 0 Å². The van der Waals surface area contributed by atoms with Crippen molar-refractivity contribution in [1.82, 2.24) is 24.9 Å². The van der Waals surface area contributed by atoms with E-state index in [4.69, 9.17) is 15.0 Å². The van der Waals surface area contributed by atoms with E-state index in [0.29, 0.717) is 17.5 Å². The van der Waals surface area contributed by atoms with Gasteiger partial charge in [0.15, 0.2) is 17.5 Å². The maximum absolute atomic E-state index is 4.80. The molecule has 0 aliphatic rings. The average molecular weight is 464 g/mol. The second-order valence-electron chi connectivity index (χ2n) is 8.29. The van der Waals surface area contributed by atoms with Crippen molar-refractivity contribution in [3.05, 3.63) is 128 Å². The highest BCUT2D eigenvalue weighted by Gasteiger charge is 2.12. The number of hydrogen-bond acceptors (Lipinski definition) is 5. The number of aromatic nitrogens is 5. The van der Waals surface area contributed by atoms with Crippen LogP contribution in [0.4, 0.5) is 0 Å². The Morgan fingerprint density at radius 3 is 1.33 bits per heavy atom. The lowest BCUT2D eigenvalue weighted by Crippen LogP contribution is -2.00. The van der Waals surface area contributed by atoms with Gasteiger partial charge in [-0.3, -0.25) is 9.97 Å². The standard InChI is InChI=1S/C31H21N5/c1-3-8-23(9-4-1)29-34-30(24-10-5-2-6-11-24)36-31(35-29)25-15-13-22(14-16-25)28-18-17-27(21-33-28)26-12-7-19-32-20-26/h1-21H. The minimum absolute atomic E-state index is 0.633. The molecule has 0 aliphatic heterocycles. The Balaban J connectivity index is 1.35. The third-order valence-electron chi connectivity index (χ3n) is 5.90. The Hall–Kier alpha value is -5.03. The third kappa shape index (κ3) is 4.50. The van der Waals surface area contributed by atoms with Gasteiger partial charge in [-0.05, 0) is 12.1 Å². The van der Waals surface area contributed by atoms with Crippen molar-refractivity contribution in [1.29, 1.82) is 0 Å². The van der Waals surface area contributed by atoms with Gasteiger partial charge in [0, 0.05) is 52.0 Å². The fourth-order valence-corrected chi connectivity index (χ4v) is 4.00. The van der Waals surface area contributed by atoms with Gasteiger partial charge < -0.3 is 0 Å². The van der Waals surface area contributed by atoms with E-state index in [1.54, 1.807) is 6.20 Å². The second kappa shape index (κ2) is 9.68. The van der Waals surface area contributed by atoms with E-state index in [-0.39, 0.29) is 0 Å². The molecule has 0 radical (unpaired) electrons. The number of pyridine rings is 2. The SMILES string of the molecule is c1ccc(-c2nc(-c3ccccc3)nc(-c3ccc(-c4ccc(-c5cccnc5)cn4)cc3)n2)cc1. The summed E-state index contributed by atoms with van der Waals surface area (Å²) in [6.07, 6.45) is 5.49. The molecule has 0 N–H and O–H groups in total. The van der Waals surface area contributed by atoms with Crippen LogP contribution in [0.1, 0.15) is 0 Å². The van der Waals surface area contributed by atoms with E-state index in [0.717, 1.165) is 39.1 Å². The predicted octanol–water partition coefficient (Wildman–Crippen LogP) is 7.00. The van der Waals surface area contributed by atoms with Crippen LogP contribution in [-0.2, 0) is 0 Å². The first kappa shape index (κ1) is 21.5. The van der Waals surface area contributed by atoms with Gasteiger partial charge in [-0.2, -0.15) is 0 Å². The van der Waals surface area contributed by atoms with Gasteiger partial charge in [-0.15, -0.1) is 0 Å². The largest absolute Gasteiger partial charge is 0.264 e. The van der Waals surface area contributed by atoms with E-state index in [1.165, 1.54) is 0 Å². The summed E-state index contributed by atoms with van der Waals surface area (Å²) in [6, 6.07) is 36.2. The fraction of sp³-hybridized carbons (Fsp3) is 0. The highest BCUT2D eigenvalue weighted by Crippen LogP contribution is 2.27. The lowest BCUT2D eigenvalue weighted by molar-refractivity contribution is 1.07. The van der Waals surface area contributed by atoms with Crippen LogP contribution in [0, 0.1) is 0 Å². The molecule has 0 bridgehead atoms. The Morgan fingerprint density at radius 2 is 0.833 bits per heavy atom. The topological polar surface area (TPSA) is 64.5 Å². The van der Waals surface area contributed by atoms with Crippen LogP contribution in [0.25, 0.3) is 56.5 Å². The zero-order valence-electron chi connectivity index (χ0n) is 19.4. The smallest absolute Gasteiger partial charge is 0.164 e. The number of nitrogens with zero attached hydrogens (tertiary/aromatic N) is 5. The number of rotatable bonds is 5. The molecule has 0 atom stereocenters. The summed E-state index contributed by atoms with van der Waals surface area (Å²) in [4.78, 5) is 23.2. The Kier molecular flexibility index (Phi) is 5.78. The normalized spacial score (nSPS) is 10.8. The Morgan fingerprint density at radius 1 is 0.361 bits per heavy atom. The molecule has 6 rings (SSSR count). The predicted molar refractivity (Wildman–Crippen MR) is 143 cm³/mol. The molecule has 5 heteroatoms. The zero-order chi connectivity index (χ0) is 24.2. The minimum Gasteiger partial charge on any atom is -0.264 e. The van der Waals surface area contributed by atoms with Crippen LogP contribution in [0.5, 0.6) is 0 Å². The fourth-order valence-electron chi connectivity index (χ4n) is 4.00. The molecule has 0 amide bonds. The first-order valence-electron chi connectivity index (χ1n) is 11.7. The Labute approximate surface area is 209 Å². The van der Waals surface area contributed by atoms with Gasteiger partial charge >= 0.3 is 0 Å². The van der Waals surface area contributed by atoms with Crippen molar-refractivity contribution in [2.75, 3.05) is 0 Å². The van der Waals surface area contributed by atoms with Crippen LogP contribution >= 0.6 is 0 Å². The Bertz CT molecular complexity index is 1530. The molecular formula is C31H21N5. The van der Waals surface area contributed by atoms with Crippen LogP contribution in [-0.4, -0.2) is 24.9 Å². The van der Waals surface area contributed by atoms with Gasteiger partial charge in [0.05, 0.1) is 5.69 Å². The molecule has 3 heterocycles. The summed E-state index contributed by atoms with van der Waals surface area (Å²) in [5, 5.41) is 0. The van der Waals surface area contributed by atoms with Crippen molar-refractivity contribution in [3.8, 4) is 56.5 Å². The zero-order valence-corrected chi connectivity index (χ0v) is 19.4. The van der Waals surface area contributed by atoms with Crippen LogP contribution in [0.3, 0.4) is 0 Å². The van der Waals surface area contributed by atoms with Crippen LogP contribution in [0.15, 0.2) is 128 Å². The summed E-state index contributed by atoms with van der Waals surface area (Å²) in [6.45, 7) is 0. The van der Waals surface area contributed by atoms with Crippen molar-refractivity contribution >= 4 is 0 Å². The molecular weight excluding hydrogens is 442 g/mol. The van der Waals surface area contributed by atoms with Gasteiger partial charge in [-0.1, -0.05) is 97.1 Å².